The smallest absolute Gasteiger partial charge is 0.253 e. The highest BCUT2D eigenvalue weighted by Gasteiger charge is 2.13. The Bertz CT molecular complexity index is 957. The topological polar surface area (TPSA) is 92.7 Å². The fraction of sp³-hybridized carbons (Fsp3) is 0.333. The van der Waals surface area contributed by atoms with E-state index in [1.165, 1.54) is 6.33 Å². The van der Waals surface area contributed by atoms with Gasteiger partial charge in [-0.25, -0.2) is 9.97 Å². The highest BCUT2D eigenvalue weighted by Crippen LogP contribution is 2.16. The molecule has 7 heteroatoms. The van der Waals surface area contributed by atoms with Gasteiger partial charge in [0, 0.05) is 12.1 Å². The molecule has 2 aromatic heterocycles. The van der Waals surface area contributed by atoms with Crippen molar-refractivity contribution in [3.63, 3.8) is 0 Å². The number of H-pyrrole nitrogens is 1. The Labute approximate surface area is 145 Å². The van der Waals surface area contributed by atoms with Crippen molar-refractivity contribution in [3.05, 3.63) is 58.0 Å². The molecule has 2 N–H and O–H groups in total. The van der Waals surface area contributed by atoms with Gasteiger partial charge in [-0.15, -0.1) is 0 Å². The van der Waals surface area contributed by atoms with Crippen LogP contribution in [0.15, 0.2) is 35.4 Å². The first kappa shape index (κ1) is 16.9. The molecule has 0 bridgehead atoms. The summed E-state index contributed by atoms with van der Waals surface area (Å²) in [6.45, 7) is 4.96. The van der Waals surface area contributed by atoms with Gasteiger partial charge in [0.05, 0.1) is 36.0 Å². The normalized spacial score (nSPS) is 11.0. The Morgan fingerprint density at radius 3 is 2.92 bits per heavy atom. The number of fused-ring (bicyclic) bond motifs is 1. The SMILES string of the molecule is CCCn1c(CNC(=O)Cc2nc[nH]c(=O)c2C)nc2ccccc21. The van der Waals surface area contributed by atoms with Crippen LogP contribution < -0.4 is 10.9 Å². The predicted molar refractivity (Wildman–Crippen MR) is 95.2 cm³/mol. The Morgan fingerprint density at radius 1 is 1.32 bits per heavy atom. The van der Waals surface area contributed by atoms with Crippen LogP contribution in [-0.2, 0) is 24.3 Å². The van der Waals surface area contributed by atoms with Crippen LogP contribution in [0.25, 0.3) is 11.0 Å². The lowest BCUT2D eigenvalue weighted by atomic mass is 10.2. The van der Waals surface area contributed by atoms with E-state index in [1.54, 1.807) is 6.92 Å². The first-order valence-corrected chi connectivity index (χ1v) is 8.34. The zero-order valence-electron chi connectivity index (χ0n) is 14.4. The maximum atomic E-state index is 12.2. The summed E-state index contributed by atoms with van der Waals surface area (Å²) >= 11 is 0. The number of nitrogens with one attached hydrogen (secondary N) is 2. The summed E-state index contributed by atoms with van der Waals surface area (Å²) in [6, 6.07) is 7.94. The van der Waals surface area contributed by atoms with Crippen molar-refractivity contribution in [3.8, 4) is 0 Å². The summed E-state index contributed by atoms with van der Waals surface area (Å²) in [5, 5.41) is 2.88. The number of amides is 1. The number of carbonyl (C=O) groups is 1. The maximum Gasteiger partial charge on any atom is 0.253 e. The van der Waals surface area contributed by atoms with Crippen molar-refractivity contribution in [1.82, 2.24) is 24.8 Å². The van der Waals surface area contributed by atoms with Crippen LogP contribution >= 0.6 is 0 Å². The minimum absolute atomic E-state index is 0.0732. The van der Waals surface area contributed by atoms with Crippen LogP contribution in [0.3, 0.4) is 0 Å². The Hall–Kier alpha value is -2.96. The van der Waals surface area contributed by atoms with E-state index in [0.29, 0.717) is 17.8 Å². The van der Waals surface area contributed by atoms with Crippen LogP contribution in [0.4, 0.5) is 0 Å². The van der Waals surface area contributed by atoms with E-state index in [-0.39, 0.29) is 17.9 Å². The molecule has 7 nitrogen and oxygen atoms in total. The van der Waals surface area contributed by atoms with Crippen LogP contribution in [0.5, 0.6) is 0 Å². The minimum Gasteiger partial charge on any atom is -0.349 e. The summed E-state index contributed by atoms with van der Waals surface area (Å²) < 4.78 is 2.13. The zero-order chi connectivity index (χ0) is 17.8. The summed E-state index contributed by atoms with van der Waals surface area (Å²) in [5.74, 6) is 0.642. The van der Waals surface area contributed by atoms with Gasteiger partial charge in [-0.2, -0.15) is 0 Å². The number of hydrogen-bond acceptors (Lipinski definition) is 4. The second kappa shape index (κ2) is 7.29. The standard InChI is InChI=1S/C18H21N5O2/c1-3-8-23-15-7-5-4-6-13(15)22-16(23)10-19-17(24)9-14-12(2)18(25)21-11-20-14/h4-7,11H,3,8-10H2,1-2H3,(H,19,24)(H,20,21,25). The molecule has 0 atom stereocenters. The molecule has 0 saturated heterocycles. The molecular weight excluding hydrogens is 318 g/mol. The summed E-state index contributed by atoms with van der Waals surface area (Å²) in [6.07, 6.45) is 2.37. The van der Waals surface area contributed by atoms with Crippen LogP contribution in [0, 0.1) is 6.92 Å². The molecular formula is C18H21N5O2. The monoisotopic (exact) mass is 339 g/mol. The van der Waals surface area contributed by atoms with Gasteiger partial charge >= 0.3 is 0 Å². The van der Waals surface area contributed by atoms with Gasteiger partial charge in [0.1, 0.15) is 5.82 Å². The molecule has 0 saturated carbocycles. The van der Waals surface area contributed by atoms with E-state index in [0.717, 1.165) is 29.8 Å². The molecule has 0 aliphatic rings. The molecule has 3 rings (SSSR count). The molecule has 0 aliphatic heterocycles. The zero-order valence-corrected chi connectivity index (χ0v) is 14.4. The number of aryl methyl sites for hydroxylation is 1. The van der Waals surface area contributed by atoms with Gasteiger partial charge in [0.15, 0.2) is 0 Å². The third-order valence-corrected chi connectivity index (χ3v) is 4.14. The quantitative estimate of drug-likeness (QED) is 0.715. The van der Waals surface area contributed by atoms with Crippen molar-refractivity contribution in [2.24, 2.45) is 0 Å². The van der Waals surface area contributed by atoms with E-state index in [4.69, 9.17) is 0 Å². The Balaban J connectivity index is 1.74. The number of aromatic nitrogens is 4. The summed E-state index contributed by atoms with van der Waals surface area (Å²) in [7, 11) is 0. The Morgan fingerprint density at radius 2 is 2.12 bits per heavy atom. The second-order valence-electron chi connectivity index (χ2n) is 5.93. The minimum atomic E-state index is -0.220. The van der Waals surface area contributed by atoms with Gasteiger partial charge in [-0.3, -0.25) is 9.59 Å². The largest absolute Gasteiger partial charge is 0.349 e. The van der Waals surface area contributed by atoms with E-state index in [9.17, 15) is 9.59 Å². The summed E-state index contributed by atoms with van der Waals surface area (Å²) in [4.78, 5) is 35.0. The molecule has 1 amide bonds. The fourth-order valence-corrected chi connectivity index (χ4v) is 2.81. The average molecular weight is 339 g/mol. The molecule has 0 aliphatic carbocycles. The van der Waals surface area contributed by atoms with E-state index < -0.39 is 0 Å². The highest BCUT2D eigenvalue weighted by molar-refractivity contribution is 5.79. The highest BCUT2D eigenvalue weighted by atomic mass is 16.1. The number of hydrogen-bond donors (Lipinski definition) is 2. The molecule has 0 fully saturated rings. The Kier molecular flexibility index (Phi) is 4.92. The third kappa shape index (κ3) is 3.60. The second-order valence-corrected chi connectivity index (χ2v) is 5.93. The van der Waals surface area contributed by atoms with Gasteiger partial charge in [0.25, 0.3) is 5.56 Å². The number of nitrogens with zero attached hydrogens (tertiary/aromatic N) is 3. The molecule has 2 heterocycles. The number of benzene rings is 1. The van der Waals surface area contributed by atoms with Crippen LogP contribution in [0.2, 0.25) is 0 Å². The molecule has 1 aromatic carbocycles. The lowest BCUT2D eigenvalue weighted by Gasteiger charge is -2.09. The van der Waals surface area contributed by atoms with Crippen molar-refractivity contribution >= 4 is 16.9 Å². The van der Waals surface area contributed by atoms with E-state index in [2.05, 4.69) is 31.8 Å². The first-order chi connectivity index (χ1) is 12.1. The van der Waals surface area contributed by atoms with Gasteiger partial charge in [-0.05, 0) is 25.5 Å². The number of para-hydroxylation sites is 2. The molecule has 0 unspecified atom stereocenters. The van der Waals surface area contributed by atoms with Crippen LogP contribution in [0.1, 0.15) is 30.4 Å². The first-order valence-electron chi connectivity index (χ1n) is 8.34. The molecule has 0 radical (unpaired) electrons. The fourth-order valence-electron chi connectivity index (χ4n) is 2.81. The lowest BCUT2D eigenvalue weighted by Crippen LogP contribution is -2.28. The van der Waals surface area contributed by atoms with Gasteiger partial charge in [-0.1, -0.05) is 19.1 Å². The molecule has 0 spiro atoms. The van der Waals surface area contributed by atoms with Gasteiger partial charge in [0.2, 0.25) is 5.91 Å². The lowest BCUT2D eigenvalue weighted by molar-refractivity contribution is -0.120. The van der Waals surface area contributed by atoms with E-state index in [1.807, 2.05) is 24.3 Å². The number of carbonyl (C=O) groups excluding carboxylic acids is 1. The van der Waals surface area contributed by atoms with E-state index >= 15 is 0 Å². The van der Waals surface area contributed by atoms with Gasteiger partial charge < -0.3 is 14.9 Å². The summed E-state index contributed by atoms with van der Waals surface area (Å²) in [5.41, 5.74) is 2.73. The van der Waals surface area contributed by atoms with Crippen molar-refractivity contribution < 1.29 is 4.79 Å². The predicted octanol–water partition coefficient (Wildman–Crippen LogP) is 1.70. The van der Waals surface area contributed by atoms with Crippen molar-refractivity contribution in [1.29, 1.82) is 0 Å². The molecule has 25 heavy (non-hydrogen) atoms. The number of aromatic amines is 1. The maximum absolute atomic E-state index is 12.2. The van der Waals surface area contributed by atoms with Crippen molar-refractivity contribution in [2.45, 2.75) is 39.8 Å². The third-order valence-electron chi connectivity index (χ3n) is 4.14. The molecule has 130 valence electrons. The van der Waals surface area contributed by atoms with Crippen molar-refractivity contribution in [2.75, 3.05) is 0 Å². The number of rotatable bonds is 6. The number of imidazole rings is 1. The molecule has 3 aromatic rings. The average Bonchev–Trinajstić information content (AvgIpc) is 2.95. The van der Waals surface area contributed by atoms with Crippen LogP contribution in [-0.4, -0.2) is 25.4 Å².